The van der Waals surface area contributed by atoms with Crippen LogP contribution in [0.15, 0.2) is 18.2 Å². The molecule has 1 aromatic carbocycles. The van der Waals surface area contributed by atoms with E-state index >= 15 is 0 Å². The smallest absolute Gasteiger partial charge is 0.0459 e. The second-order valence-corrected chi connectivity index (χ2v) is 6.33. The highest BCUT2D eigenvalue weighted by molar-refractivity contribution is 6.31. The predicted octanol–water partition coefficient (Wildman–Crippen LogP) is 2.87. The summed E-state index contributed by atoms with van der Waals surface area (Å²) in [5, 5.41) is 0.826. The minimum absolute atomic E-state index is 0.613. The van der Waals surface area contributed by atoms with Crippen molar-refractivity contribution in [2.45, 2.75) is 20.3 Å². The Hall–Kier alpha value is -0.770. The summed E-state index contributed by atoms with van der Waals surface area (Å²) < 4.78 is 0. The van der Waals surface area contributed by atoms with Crippen LogP contribution in [0.2, 0.25) is 5.02 Å². The van der Waals surface area contributed by atoms with Gasteiger partial charge in [-0.2, -0.15) is 0 Å². The van der Waals surface area contributed by atoms with E-state index in [9.17, 15) is 0 Å². The number of nitrogens with two attached hydrogens (primary N) is 1. The van der Waals surface area contributed by atoms with Gasteiger partial charge in [0.1, 0.15) is 0 Å². The van der Waals surface area contributed by atoms with E-state index in [0.29, 0.717) is 12.5 Å². The van der Waals surface area contributed by atoms with Crippen LogP contribution in [0.25, 0.3) is 0 Å². The van der Waals surface area contributed by atoms with Gasteiger partial charge in [0.15, 0.2) is 0 Å². The number of likely N-dealkylation sites (N-methyl/N-ethyl adjacent to an activating group) is 1. The Morgan fingerprint density at radius 1 is 1.20 bits per heavy atom. The van der Waals surface area contributed by atoms with Gasteiger partial charge in [-0.25, -0.2) is 0 Å². The molecule has 0 saturated carbocycles. The molecule has 0 aromatic heterocycles. The maximum atomic E-state index is 6.36. The van der Waals surface area contributed by atoms with E-state index in [1.165, 1.54) is 11.3 Å². The maximum absolute atomic E-state index is 6.36. The normalized spacial score (nSPS) is 11.4. The van der Waals surface area contributed by atoms with Gasteiger partial charge in [0.05, 0.1) is 0 Å². The summed E-state index contributed by atoms with van der Waals surface area (Å²) in [6.45, 7) is 8.18. The number of rotatable bonds is 8. The lowest BCUT2D eigenvalue weighted by molar-refractivity contribution is 0.409. The van der Waals surface area contributed by atoms with Gasteiger partial charge in [-0.1, -0.05) is 31.5 Å². The van der Waals surface area contributed by atoms with Crippen LogP contribution in [0.4, 0.5) is 5.69 Å². The van der Waals surface area contributed by atoms with Gasteiger partial charge in [0, 0.05) is 30.3 Å². The summed E-state index contributed by atoms with van der Waals surface area (Å²) >= 11 is 6.36. The van der Waals surface area contributed by atoms with E-state index in [1.807, 2.05) is 12.1 Å². The second kappa shape index (κ2) is 8.50. The second-order valence-electron chi connectivity index (χ2n) is 5.92. The molecule has 0 unspecified atom stereocenters. The molecule has 0 saturated heterocycles. The number of benzene rings is 1. The summed E-state index contributed by atoms with van der Waals surface area (Å²) in [6, 6.07) is 6.14. The standard InChI is InChI=1S/C16H28ClN3/c1-13(2)12-20(11-10-19(3)4)16-7-5-6-15(17)14(16)8-9-18/h5-7,13H,8-12,18H2,1-4H3. The van der Waals surface area contributed by atoms with Crippen molar-refractivity contribution in [1.82, 2.24) is 4.90 Å². The first-order chi connectivity index (χ1) is 9.45. The first-order valence-corrected chi connectivity index (χ1v) is 7.70. The average molecular weight is 298 g/mol. The topological polar surface area (TPSA) is 32.5 Å². The van der Waals surface area contributed by atoms with Crippen LogP contribution in [-0.2, 0) is 6.42 Å². The van der Waals surface area contributed by atoms with Gasteiger partial charge in [0.25, 0.3) is 0 Å². The van der Waals surface area contributed by atoms with Crippen LogP contribution < -0.4 is 10.6 Å². The molecule has 0 aliphatic rings. The largest absolute Gasteiger partial charge is 0.370 e. The van der Waals surface area contributed by atoms with Crippen molar-refractivity contribution in [3.63, 3.8) is 0 Å². The summed E-state index contributed by atoms with van der Waals surface area (Å²) in [5.41, 5.74) is 8.15. The third-order valence-corrected chi connectivity index (χ3v) is 3.59. The van der Waals surface area contributed by atoms with Crippen molar-refractivity contribution in [2.24, 2.45) is 11.7 Å². The lowest BCUT2D eigenvalue weighted by Crippen LogP contribution is -2.35. The summed E-state index contributed by atoms with van der Waals surface area (Å²) in [4.78, 5) is 4.64. The molecule has 1 aromatic rings. The molecule has 0 atom stereocenters. The molecular formula is C16H28ClN3. The molecule has 0 bridgehead atoms. The Balaban J connectivity index is 3.02. The van der Waals surface area contributed by atoms with E-state index in [4.69, 9.17) is 17.3 Å². The monoisotopic (exact) mass is 297 g/mol. The molecule has 0 spiro atoms. The van der Waals surface area contributed by atoms with E-state index < -0.39 is 0 Å². The maximum Gasteiger partial charge on any atom is 0.0459 e. The van der Waals surface area contributed by atoms with E-state index in [0.717, 1.165) is 31.1 Å². The summed E-state index contributed by atoms with van der Waals surface area (Å²) in [7, 11) is 4.21. The fourth-order valence-corrected chi connectivity index (χ4v) is 2.57. The van der Waals surface area contributed by atoms with Gasteiger partial charge in [-0.05, 0) is 50.7 Å². The van der Waals surface area contributed by atoms with Crippen LogP contribution >= 0.6 is 11.6 Å². The number of anilines is 1. The van der Waals surface area contributed by atoms with Crippen molar-refractivity contribution in [3.8, 4) is 0 Å². The molecule has 20 heavy (non-hydrogen) atoms. The SMILES string of the molecule is CC(C)CN(CCN(C)C)c1cccc(Cl)c1CCN. The molecule has 0 amide bonds. The Kier molecular flexibility index (Phi) is 7.35. The van der Waals surface area contributed by atoms with Crippen molar-refractivity contribution in [2.75, 3.05) is 45.2 Å². The van der Waals surface area contributed by atoms with Gasteiger partial charge in [0.2, 0.25) is 0 Å². The zero-order valence-electron chi connectivity index (χ0n) is 13.2. The predicted molar refractivity (Wildman–Crippen MR) is 89.8 cm³/mol. The summed E-state index contributed by atoms with van der Waals surface area (Å²) in [5.74, 6) is 0.613. The molecular weight excluding hydrogens is 270 g/mol. The molecule has 2 N–H and O–H groups in total. The highest BCUT2D eigenvalue weighted by Crippen LogP contribution is 2.28. The highest BCUT2D eigenvalue weighted by atomic mass is 35.5. The number of hydrogen-bond donors (Lipinski definition) is 1. The summed E-state index contributed by atoms with van der Waals surface area (Å²) in [6.07, 6.45) is 0.825. The molecule has 0 aliphatic carbocycles. The van der Waals surface area contributed by atoms with Crippen LogP contribution in [0.1, 0.15) is 19.4 Å². The van der Waals surface area contributed by atoms with Crippen molar-refractivity contribution >= 4 is 17.3 Å². The van der Waals surface area contributed by atoms with Crippen molar-refractivity contribution in [3.05, 3.63) is 28.8 Å². The quantitative estimate of drug-likeness (QED) is 0.801. The van der Waals surface area contributed by atoms with Crippen LogP contribution in [-0.4, -0.2) is 45.2 Å². The lowest BCUT2D eigenvalue weighted by Gasteiger charge is -2.30. The number of nitrogens with zero attached hydrogens (tertiary/aromatic N) is 2. The molecule has 0 aliphatic heterocycles. The van der Waals surface area contributed by atoms with Crippen LogP contribution in [0.3, 0.4) is 0 Å². The minimum atomic E-state index is 0.613. The van der Waals surface area contributed by atoms with Crippen molar-refractivity contribution < 1.29 is 0 Å². The number of hydrogen-bond acceptors (Lipinski definition) is 3. The Morgan fingerprint density at radius 2 is 1.90 bits per heavy atom. The van der Waals surface area contributed by atoms with E-state index in [-0.39, 0.29) is 0 Å². The highest BCUT2D eigenvalue weighted by Gasteiger charge is 2.14. The zero-order chi connectivity index (χ0) is 15.1. The fourth-order valence-electron chi connectivity index (χ4n) is 2.31. The van der Waals surface area contributed by atoms with Gasteiger partial charge >= 0.3 is 0 Å². The third kappa shape index (κ3) is 5.31. The lowest BCUT2D eigenvalue weighted by atomic mass is 10.1. The molecule has 114 valence electrons. The van der Waals surface area contributed by atoms with Gasteiger partial charge < -0.3 is 15.5 Å². The Labute approximate surface area is 128 Å². The molecule has 0 heterocycles. The van der Waals surface area contributed by atoms with E-state index in [2.05, 4.69) is 43.8 Å². The van der Waals surface area contributed by atoms with Crippen LogP contribution in [0, 0.1) is 5.92 Å². The first-order valence-electron chi connectivity index (χ1n) is 7.32. The van der Waals surface area contributed by atoms with Crippen LogP contribution in [0.5, 0.6) is 0 Å². The molecule has 3 nitrogen and oxygen atoms in total. The molecule has 0 radical (unpaired) electrons. The minimum Gasteiger partial charge on any atom is -0.370 e. The molecule has 0 fully saturated rings. The number of halogens is 1. The van der Waals surface area contributed by atoms with Gasteiger partial charge in [-0.3, -0.25) is 0 Å². The molecule has 4 heteroatoms. The molecule has 1 rings (SSSR count). The van der Waals surface area contributed by atoms with Gasteiger partial charge in [-0.15, -0.1) is 0 Å². The third-order valence-electron chi connectivity index (χ3n) is 3.23. The first kappa shape index (κ1) is 17.3. The Morgan fingerprint density at radius 3 is 2.45 bits per heavy atom. The Bertz CT molecular complexity index is 405. The zero-order valence-corrected chi connectivity index (χ0v) is 14.0. The fraction of sp³-hybridized carbons (Fsp3) is 0.625. The van der Waals surface area contributed by atoms with Crippen molar-refractivity contribution in [1.29, 1.82) is 0 Å². The van der Waals surface area contributed by atoms with E-state index in [1.54, 1.807) is 0 Å². The average Bonchev–Trinajstić information content (AvgIpc) is 2.36.